The lowest BCUT2D eigenvalue weighted by Crippen LogP contribution is -2.36. The van der Waals surface area contributed by atoms with E-state index in [1.165, 1.54) is 0 Å². The third kappa shape index (κ3) is 7.95. The van der Waals surface area contributed by atoms with Crippen LogP contribution in [0.2, 0.25) is 0 Å². The first kappa shape index (κ1) is 22.4. The zero-order valence-corrected chi connectivity index (χ0v) is 17.9. The van der Waals surface area contributed by atoms with Gasteiger partial charge in [0.1, 0.15) is 5.75 Å². The molecule has 0 saturated heterocycles. The van der Waals surface area contributed by atoms with Crippen molar-refractivity contribution >= 4 is 39.4 Å². The van der Waals surface area contributed by atoms with E-state index in [1.807, 2.05) is 32.0 Å². The van der Waals surface area contributed by atoms with Gasteiger partial charge in [0.05, 0.1) is 6.54 Å². The number of hydrogen-bond acceptors (Lipinski definition) is 5. The summed E-state index contributed by atoms with van der Waals surface area (Å²) in [5.41, 5.74) is 2.70. The fourth-order valence-electron chi connectivity index (χ4n) is 2.34. The minimum atomic E-state index is -0.672. The Morgan fingerprint density at radius 1 is 1.00 bits per heavy atom. The average Bonchev–Trinajstić information content (AvgIpc) is 2.71. The molecule has 29 heavy (non-hydrogen) atoms. The molecule has 0 aromatic heterocycles. The van der Waals surface area contributed by atoms with Crippen molar-refractivity contribution in [2.75, 3.05) is 25.1 Å². The van der Waals surface area contributed by atoms with E-state index in [4.69, 9.17) is 9.47 Å². The van der Waals surface area contributed by atoms with Crippen LogP contribution in [0, 0.1) is 6.92 Å². The van der Waals surface area contributed by atoms with Gasteiger partial charge in [0.2, 0.25) is 5.91 Å². The number of hydrogen-bond donors (Lipinski definition) is 2. The van der Waals surface area contributed by atoms with Crippen LogP contribution in [0.3, 0.4) is 0 Å². The zero-order chi connectivity index (χ0) is 21.2. The lowest BCUT2D eigenvalue weighted by atomic mass is 10.2. The molecule has 2 amide bonds. The van der Waals surface area contributed by atoms with Gasteiger partial charge in [-0.05, 0) is 54.8 Å². The molecule has 0 radical (unpaired) electrons. The number of nitrogens with one attached hydrogen (secondary N) is 2. The van der Waals surface area contributed by atoms with Crippen LogP contribution in [-0.4, -0.2) is 37.5 Å². The number of rotatable bonds is 9. The van der Waals surface area contributed by atoms with Gasteiger partial charge in [-0.15, -0.1) is 0 Å². The number of carbonyl (C=O) groups is 3. The Hall–Kier alpha value is -2.87. The van der Waals surface area contributed by atoms with Crippen LogP contribution in [0.25, 0.3) is 0 Å². The normalized spacial score (nSPS) is 10.2. The Labute approximate surface area is 177 Å². The number of esters is 1. The van der Waals surface area contributed by atoms with Crippen LogP contribution in [0.5, 0.6) is 5.75 Å². The topological polar surface area (TPSA) is 93.7 Å². The highest BCUT2D eigenvalue weighted by molar-refractivity contribution is 9.10. The fraction of sp³-hybridized carbons (Fsp3) is 0.286. The number of halogens is 1. The monoisotopic (exact) mass is 462 g/mol. The van der Waals surface area contributed by atoms with Crippen molar-refractivity contribution in [3.8, 4) is 5.75 Å². The third-order valence-electron chi connectivity index (χ3n) is 3.96. The molecule has 2 aromatic carbocycles. The summed E-state index contributed by atoms with van der Waals surface area (Å²) < 4.78 is 11.1. The van der Waals surface area contributed by atoms with Gasteiger partial charge in [0, 0.05) is 10.2 Å². The molecule has 154 valence electrons. The molecule has 2 rings (SSSR count). The highest BCUT2D eigenvalue weighted by atomic mass is 79.9. The van der Waals surface area contributed by atoms with Crippen molar-refractivity contribution in [1.29, 1.82) is 0 Å². The molecule has 0 atom stereocenters. The van der Waals surface area contributed by atoms with Gasteiger partial charge in [-0.25, -0.2) is 4.79 Å². The van der Waals surface area contributed by atoms with Crippen LogP contribution in [0.15, 0.2) is 46.9 Å². The van der Waals surface area contributed by atoms with Gasteiger partial charge in [0.15, 0.2) is 13.2 Å². The first-order chi connectivity index (χ1) is 13.9. The predicted octanol–water partition coefficient (Wildman–Crippen LogP) is 3.00. The second kappa shape index (κ2) is 11.2. The fourth-order valence-corrected chi connectivity index (χ4v) is 2.82. The molecule has 7 nitrogen and oxygen atoms in total. The van der Waals surface area contributed by atoms with Crippen molar-refractivity contribution in [2.45, 2.75) is 20.3 Å². The average molecular weight is 463 g/mol. The van der Waals surface area contributed by atoms with Crippen LogP contribution in [0.1, 0.15) is 18.1 Å². The summed E-state index contributed by atoms with van der Waals surface area (Å²) in [6.45, 7) is 2.89. The Morgan fingerprint density at radius 3 is 2.38 bits per heavy atom. The van der Waals surface area contributed by atoms with Crippen molar-refractivity contribution in [3.05, 3.63) is 58.1 Å². The van der Waals surface area contributed by atoms with Gasteiger partial charge >= 0.3 is 5.97 Å². The summed E-state index contributed by atoms with van der Waals surface area (Å²) in [6, 6.07) is 12.8. The van der Waals surface area contributed by atoms with E-state index in [9.17, 15) is 14.4 Å². The second-order valence-electron chi connectivity index (χ2n) is 6.23. The SMILES string of the molecule is CCc1ccc(OCC(=O)OCC(=O)NCC(=O)Nc2ccc(Br)cc2C)cc1. The molecule has 0 unspecified atom stereocenters. The number of ether oxygens (including phenoxy) is 2. The summed E-state index contributed by atoms with van der Waals surface area (Å²) in [6.07, 6.45) is 0.915. The molecule has 0 aliphatic rings. The van der Waals surface area contributed by atoms with Gasteiger partial charge < -0.3 is 20.1 Å². The first-order valence-electron chi connectivity index (χ1n) is 9.07. The molecular weight excluding hydrogens is 440 g/mol. The minimum absolute atomic E-state index is 0.230. The van der Waals surface area contributed by atoms with E-state index in [-0.39, 0.29) is 19.1 Å². The Morgan fingerprint density at radius 2 is 1.72 bits per heavy atom. The standard InChI is InChI=1S/C21H23BrN2O5/c1-3-15-4-7-17(8-5-15)28-13-21(27)29-12-20(26)23-11-19(25)24-18-9-6-16(22)10-14(18)2/h4-10H,3,11-13H2,1-2H3,(H,23,26)(H,24,25). The summed E-state index contributed by atoms with van der Waals surface area (Å²) >= 11 is 3.35. The van der Waals surface area contributed by atoms with Crippen LogP contribution in [0.4, 0.5) is 5.69 Å². The molecule has 0 bridgehead atoms. The number of aryl methyl sites for hydroxylation is 2. The van der Waals surface area contributed by atoms with Crippen molar-refractivity contribution in [3.63, 3.8) is 0 Å². The number of benzene rings is 2. The summed E-state index contributed by atoms with van der Waals surface area (Å²) in [7, 11) is 0. The van der Waals surface area contributed by atoms with Crippen LogP contribution >= 0.6 is 15.9 Å². The quantitative estimate of drug-likeness (QED) is 0.558. The van der Waals surface area contributed by atoms with Crippen molar-refractivity contribution < 1.29 is 23.9 Å². The molecule has 0 aliphatic heterocycles. The highest BCUT2D eigenvalue weighted by Gasteiger charge is 2.11. The molecule has 0 aliphatic carbocycles. The molecule has 2 N–H and O–H groups in total. The summed E-state index contributed by atoms with van der Waals surface area (Å²) in [5.74, 6) is -1.08. The minimum Gasteiger partial charge on any atom is -0.482 e. The molecular formula is C21H23BrN2O5. The van der Waals surface area contributed by atoms with Gasteiger partial charge in [-0.1, -0.05) is 35.0 Å². The van der Waals surface area contributed by atoms with E-state index in [0.29, 0.717) is 11.4 Å². The van der Waals surface area contributed by atoms with E-state index < -0.39 is 18.5 Å². The molecule has 2 aromatic rings. The molecule has 0 fully saturated rings. The van der Waals surface area contributed by atoms with E-state index in [2.05, 4.69) is 26.6 Å². The van der Waals surface area contributed by atoms with Crippen LogP contribution < -0.4 is 15.4 Å². The number of amides is 2. The van der Waals surface area contributed by atoms with E-state index in [0.717, 1.165) is 22.0 Å². The summed E-state index contributed by atoms with van der Waals surface area (Å²) in [5, 5.41) is 5.10. The Bertz CT molecular complexity index is 868. The van der Waals surface area contributed by atoms with E-state index in [1.54, 1.807) is 24.3 Å². The van der Waals surface area contributed by atoms with Gasteiger partial charge in [-0.2, -0.15) is 0 Å². The molecule has 0 heterocycles. The maximum Gasteiger partial charge on any atom is 0.344 e. The predicted molar refractivity (Wildman–Crippen MR) is 113 cm³/mol. The maximum absolute atomic E-state index is 11.9. The third-order valence-corrected chi connectivity index (χ3v) is 4.45. The Kier molecular flexibility index (Phi) is 8.67. The lowest BCUT2D eigenvalue weighted by Gasteiger charge is -2.10. The maximum atomic E-state index is 11.9. The van der Waals surface area contributed by atoms with Crippen molar-refractivity contribution in [2.24, 2.45) is 0 Å². The highest BCUT2D eigenvalue weighted by Crippen LogP contribution is 2.19. The van der Waals surface area contributed by atoms with E-state index >= 15 is 0 Å². The van der Waals surface area contributed by atoms with Gasteiger partial charge in [0.25, 0.3) is 5.91 Å². The molecule has 0 saturated carbocycles. The Balaban J connectivity index is 1.65. The summed E-state index contributed by atoms with van der Waals surface area (Å²) in [4.78, 5) is 35.4. The number of carbonyl (C=O) groups excluding carboxylic acids is 3. The zero-order valence-electron chi connectivity index (χ0n) is 16.3. The molecule has 8 heteroatoms. The lowest BCUT2D eigenvalue weighted by molar-refractivity contribution is -0.150. The second-order valence-corrected chi connectivity index (χ2v) is 7.15. The van der Waals surface area contributed by atoms with Gasteiger partial charge in [-0.3, -0.25) is 9.59 Å². The number of anilines is 1. The smallest absolute Gasteiger partial charge is 0.344 e. The van der Waals surface area contributed by atoms with Crippen molar-refractivity contribution in [1.82, 2.24) is 5.32 Å². The largest absolute Gasteiger partial charge is 0.482 e. The first-order valence-corrected chi connectivity index (χ1v) is 9.86. The molecule has 0 spiro atoms. The van der Waals surface area contributed by atoms with Crippen LogP contribution in [-0.2, 0) is 25.5 Å².